The predicted octanol–water partition coefficient (Wildman–Crippen LogP) is 2.93. The van der Waals surface area contributed by atoms with E-state index in [1.807, 2.05) is 0 Å². The van der Waals surface area contributed by atoms with E-state index in [1.54, 1.807) is 19.9 Å². The largest absolute Gasteiger partial charge is 0.334 e. The van der Waals surface area contributed by atoms with Crippen LogP contribution in [-0.4, -0.2) is 25.2 Å². The topological polar surface area (TPSA) is 52.6 Å². The Morgan fingerprint density at radius 2 is 1.88 bits per heavy atom. The number of hydrogen-bond donors (Lipinski definition) is 0. The molecule has 0 heterocycles. The molecule has 0 saturated heterocycles. The van der Waals surface area contributed by atoms with Crippen LogP contribution in [0.2, 0.25) is 0 Å². The molecule has 16 heavy (non-hydrogen) atoms. The highest BCUT2D eigenvalue weighted by molar-refractivity contribution is 7.54. The molecule has 0 unspecified atom stereocenters. The van der Waals surface area contributed by atoms with E-state index >= 15 is 0 Å². The maximum absolute atomic E-state index is 12.2. The van der Waals surface area contributed by atoms with Gasteiger partial charge in [0.25, 0.3) is 0 Å². The molecule has 1 aliphatic carbocycles. The first-order valence-corrected chi connectivity index (χ1v) is 7.43. The van der Waals surface area contributed by atoms with Gasteiger partial charge in [-0.3, -0.25) is 9.36 Å². The number of ketones is 1. The van der Waals surface area contributed by atoms with E-state index in [4.69, 9.17) is 9.05 Å². The summed E-state index contributed by atoms with van der Waals surface area (Å²) in [5, 5.41) is 0. The van der Waals surface area contributed by atoms with Gasteiger partial charge in [-0.2, -0.15) is 0 Å². The van der Waals surface area contributed by atoms with Gasteiger partial charge in [0, 0.05) is 6.42 Å². The highest BCUT2D eigenvalue weighted by Gasteiger charge is 2.26. The average molecular weight is 246 g/mol. The Hall–Kier alpha value is -0.440. The van der Waals surface area contributed by atoms with Crippen LogP contribution in [0.5, 0.6) is 0 Å². The van der Waals surface area contributed by atoms with E-state index in [2.05, 4.69) is 0 Å². The molecule has 0 atom stereocenters. The third kappa shape index (κ3) is 4.20. The molecule has 0 bridgehead atoms. The fourth-order valence-corrected chi connectivity index (χ4v) is 3.55. The van der Waals surface area contributed by atoms with Gasteiger partial charge in [0.15, 0.2) is 5.78 Å². The number of hydrogen-bond acceptors (Lipinski definition) is 4. The summed E-state index contributed by atoms with van der Waals surface area (Å²) in [6, 6.07) is 0. The van der Waals surface area contributed by atoms with E-state index in [1.165, 1.54) is 0 Å². The van der Waals surface area contributed by atoms with Crippen molar-refractivity contribution in [1.29, 1.82) is 0 Å². The number of rotatable bonds is 6. The van der Waals surface area contributed by atoms with Crippen molar-refractivity contribution in [3.8, 4) is 0 Å². The molecular weight excluding hydrogens is 227 g/mol. The first-order chi connectivity index (χ1) is 7.59. The molecule has 0 N–H and O–H groups in total. The smallest absolute Gasteiger partial charge is 0.309 e. The quantitative estimate of drug-likeness (QED) is 0.676. The van der Waals surface area contributed by atoms with E-state index < -0.39 is 7.60 Å². The van der Waals surface area contributed by atoms with Crippen LogP contribution in [0.25, 0.3) is 0 Å². The van der Waals surface area contributed by atoms with Gasteiger partial charge in [0.05, 0.1) is 19.4 Å². The van der Waals surface area contributed by atoms with Crippen molar-refractivity contribution in [2.75, 3.05) is 19.4 Å². The Labute approximate surface area is 96.5 Å². The van der Waals surface area contributed by atoms with Crippen LogP contribution in [-0.2, 0) is 18.4 Å². The lowest BCUT2D eigenvalue weighted by atomic mass is 10.0. The lowest BCUT2D eigenvalue weighted by Gasteiger charge is -2.20. The molecule has 0 aromatic carbocycles. The van der Waals surface area contributed by atoms with Gasteiger partial charge in [-0.05, 0) is 32.8 Å². The van der Waals surface area contributed by atoms with Gasteiger partial charge in [-0.25, -0.2) is 0 Å². The minimum atomic E-state index is -3.03. The van der Waals surface area contributed by atoms with Crippen LogP contribution >= 0.6 is 7.60 Å². The molecule has 92 valence electrons. The van der Waals surface area contributed by atoms with Crippen LogP contribution < -0.4 is 0 Å². The number of allylic oxidation sites excluding steroid dienone is 2. The summed E-state index contributed by atoms with van der Waals surface area (Å²) in [6.07, 6.45) is 4.09. The third-order valence-corrected chi connectivity index (χ3v) is 4.43. The van der Waals surface area contributed by atoms with Crippen LogP contribution in [0.4, 0.5) is 0 Å². The molecule has 0 radical (unpaired) electrons. The Kier molecular flexibility index (Phi) is 5.39. The Morgan fingerprint density at radius 1 is 1.25 bits per heavy atom. The molecule has 0 aromatic heterocycles. The van der Waals surface area contributed by atoms with Crippen LogP contribution in [0.1, 0.15) is 33.1 Å². The van der Waals surface area contributed by atoms with Crippen LogP contribution in [0, 0.1) is 0 Å². The standard InChI is InChI=1S/C11H19O4P/c1-3-14-16(13,15-4-2)9-10-6-5-7-11(12)8-10/h8H,3-7,9H2,1-2H3. The summed E-state index contributed by atoms with van der Waals surface area (Å²) in [5.41, 5.74) is 0.890. The summed E-state index contributed by atoms with van der Waals surface area (Å²) in [5.74, 6) is 0.112. The van der Waals surface area contributed by atoms with E-state index in [0.29, 0.717) is 19.6 Å². The highest BCUT2D eigenvalue weighted by Crippen LogP contribution is 2.50. The van der Waals surface area contributed by atoms with E-state index in [-0.39, 0.29) is 11.9 Å². The molecule has 0 fully saturated rings. The van der Waals surface area contributed by atoms with Crippen LogP contribution in [0.3, 0.4) is 0 Å². The Morgan fingerprint density at radius 3 is 2.38 bits per heavy atom. The second-order valence-corrected chi connectivity index (χ2v) is 5.78. The van der Waals surface area contributed by atoms with Crippen molar-refractivity contribution in [3.63, 3.8) is 0 Å². The highest BCUT2D eigenvalue weighted by atomic mass is 31.2. The van der Waals surface area contributed by atoms with Gasteiger partial charge < -0.3 is 9.05 Å². The normalized spacial score (nSPS) is 17.4. The second kappa shape index (κ2) is 6.33. The zero-order chi connectivity index (χ0) is 12.0. The predicted molar refractivity (Wildman–Crippen MR) is 62.7 cm³/mol. The molecular formula is C11H19O4P. The Bertz CT molecular complexity index is 312. The third-order valence-electron chi connectivity index (χ3n) is 2.33. The molecule has 0 saturated carbocycles. The molecule has 0 aliphatic heterocycles. The summed E-state index contributed by atoms with van der Waals surface area (Å²) < 4.78 is 22.6. The SMILES string of the molecule is CCOP(=O)(CC1=CC(=O)CCC1)OCC. The van der Waals surface area contributed by atoms with Gasteiger partial charge in [0.2, 0.25) is 0 Å². The second-order valence-electron chi connectivity index (χ2n) is 3.73. The van der Waals surface area contributed by atoms with Crippen molar-refractivity contribution in [1.82, 2.24) is 0 Å². The molecule has 0 aromatic rings. The van der Waals surface area contributed by atoms with Crippen molar-refractivity contribution >= 4 is 13.4 Å². The molecule has 5 heteroatoms. The average Bonchev–Trinajstić information content (AvgIpc) is 2.17. The summed E-state index contributed by atoms with van der Waals surface area (Å²) in [7, 11) is -3.03. The molecule has 4 nitrogen and oxygen atoms in total. The molecule has 0 spiro atoms. The lowest BCUT2D eigenvalue weighted by Crippen LogP contribution is -2.08. The van der Waals surface area contributed by atoms with Crippen molar-refractivity contribution in [2.45, 2.75) is 33.1 Å². The zero-order valence-corrected chi connectivity index (χ0v) is 10.8. The van der Waals surface area contributed by atoms with Crippen LogP contribution in [0.15, 0.2) is 11.6 Å². The summed E-state index contributed by atoms with van der Waals surface area (Å²) in [4.78, 5) is 11.2. The van der Waals surface area contributed by atoms with Gasteiger partial charge in [0.1, 0.15) is 0 Å². The lowest BCUT2D eigenvalue weighted by molar-refractivity contribution is -0.115. The van der Waals surface area contributed by atoms with Crippen molar-refractivity contribution in [2.24, 2.45) is 0 Å². The van der Waals surface area contributed by atoms with E-state index in [9.17, 15) is 9.36 Å². The number of carbonyl (C=O) groups is 1. The van der Waals surface area contributed by atoms with Gasteiger partial charge in [-0.1, -0.05) is 5.57 Å². The maximum atomic E-state index is 12.2. The minimum Gasteiger partial charge on any atom is -0.309 e. The van der Waals surface area contributed by atoms with Crippen molar-refractivity contribution < 1.29 is 18.4 Å². The van der Waals surface area contributed by atoms with Gasteiger partial charge >= 0.3 is 7.60 Å². The molecule has 0 amide bonds. The zero-order valence-electron chi connectivity index (χ0n) is 9.90. The first-order valence-electron chi connectivity index (χ1n) is 5.70. The van der Waals surface area contributed by atoms with Gasteiger partial charge in [-0.15, -0.1) is 0 Å². The monoisotopic (exact) mass is 246 g/mol. The number of carbonyl (C=O) groups excluding carboxylic acids is 1. The molecule has 1 rings (SSSR count). The maximum Gasteiger partial charge on any atom is 0.334 e. The minimum absolute atomic E-state index is 0.112. The summed E-state index contributed by atoms with van der Waals surface area (Å²) >= 11 is 0. The van der Waals surface area contributed by atoms with E-state index in [0.717, 1.165) is 18.4 Å². The summed E-state index contributed by atoms with van der Waals surface area (Å²) in [6.45, 7) is 4.29. The fourth-order valence-electron chi connectivity index (χ4n) is 1.76. The fraction of sp³-hybridized carbons (Fsp3) is 0.727. The van der Waals surface area contributed by atoms with Crippen molar-refractivity contribution in [3.05, 3.63) is 11.6 Å². The first kappa shape index (κ1) is 13.6. The Balaban J connectivity index is 2.67. The molecule has 1 aliphatic rings.